The normalized spacial score (nSPS) is 15.0. The Hall–Kier alpha value is -2.22. The summed E-state index contributed by atoms with van der Waals surface area (Å²) in [4.78, 5) is 13.0. The molecule has 1 amide bonds. The number of thioether (sulfide) groups is 1. The summed E-state index contributed by atoms with van der Waals surface area (Å²) < 4.78 is 7.49. The van der Waals surface area contributed by atoms with Crippen LogP contribution >= 0.6 is 35.0 Å². The zero-order chi connectivity index (χ0) is 22.7. The molecule has 32 heavy (non-hydrogen) atoms. The number of carbonyl (C=O) groups is 1. The van der Waals surface area contributed by atoms with Crippen molar-refractivity contribution in [3.63, 3.8) is 0 Å². The van der Waals surface area contributed by atoms with Crippen LogP contribution < -0.4 is 10.1 Å². The molecule has 0 bridgehead atoms. The second-order valence-electron chi connectivity index (χ2n) is 7.69. The number of benzene rings is 2. The van der Waals surface area contributed by atoms with E-state index < -0.39 is 5.25 Å². The largest absolute Gasteiger partial charge is 0.495 e. The van der Waals surface area contributed by atoms with Crippen LogP contribution in [0.25, 0.3) is 11.4 Å². The monoisotopic (exact) mass is 490 g/mol. The third kappa shape index (κ3) is 4.90. The molecule has 1 heterocycles. The van der Waals surface area contributed by atoms with Gasteiger partial charge in [0.2, 0.25) is 5.91 Å². The highest BCUT2D eigenvalue weighted by atomic mass is 35.5. The summed E-state index contributed by atoms with van der Waals surface area (Å²) >= 11 is 13.9. The SMILES string of the molecule is COc1ccc(Cl)cc1NC(=O)C(C)Sc1nnc(-c2ccccc2Cl)n1C1CCCC1. The van der Waals surface area contributed by atoms with E-state index >= 15 is 0 Å². The van der Waals surface area contributed by atoms with Crippen molar-refractivity contribution in [1.29, 1.82) is 0 Å². The molecule has 6 nitrogen and oxygen atoms in total. The molecule has 0 spiro atoms. The Labute approximate surface area is 201 Å². The molecule has 1 aliphatic carbocycles. The molecular weight excluding hydrogens is 467 g/mol. The maximum atomic E-state index is 13.0. The number of methoxy groups -OCH3 is 1. The summed E-state index contributed by atoms with van der Waals surface area (Å²) in [5, 5.41) is 13.3. The van der Waals surface area contributed by atoms with E-state index in [4.69, 9.17) is 27.9 Å². The molecule has 3 aromatic rings. The van der Waals surface area contributed by atoms with Gasteiger partial charge in [-0.1, -0.05) is 59.9 Å². The fourth-order valence-corrected chi connectivity index (χ4v) is 5.21. The average Bonchev–Trinajstić information content (AvgIpc) is 3.44. The van der Waals surface area contributed by atoms with Gasteiger partial charge in [0.25, 0.3) is 0 Å². The van der Waals surface area contributed by atoms with Crippen LogP contribution in [0.4, 0.5) is 5.69 Å². The average molecular weight is 491 g/mol. The number of hydrogen-bond acceptors (Lipinski definition) is 5. The zero-order valence-corrected chi connectivity index (χ0v) is 20.2. The van der Waals surface area contributed by atoms with Gasteiger partial charge in [-0.15, -0.1) is 10.2 Å². The molecule has 1 aliphatic rings. The number of aromatic nitrogens is 3. The first-order chi connectivity index (χ1) is 15.5. The molecule has 1 saturated carbocycles. The van der Waals surface area contributed by atoms with Crippen molar-refractivity contribution in [2.24, 2.45) is 0 Å². The van der Waals surface area contributed by atoms with Crippen molar-refractivity contribution in [1.82, 2.24) is 14.8 Å². The van der Waals surface area contributed by atoms with E-state index in [0.717, 1.165) is 24.2 Å². The first-order valence-electron chi connectivity index (χ1n) is 10.5. The summed E-state index contributed by atoms with van der Waals surface area (Å²) in [5.74, 6) is 1.13. The van der Waals surface area contributed by atoms with Crippen LogP contribution in [-0.2, 0) is 4.79 Å². The Bertz CT molecular complexity index is 1120. The van der Waals surface area contributed by atoms with Gasteiger partial charge in [0.1, 0.15) is 5.75 Å². The second-order valence-corrected chi connectivity index (χ2v) is 9.84. The van der Waals surface area contributed by atoms with Crippen LogP contribution in [0.5, 0.6) is 5.75 Å². The van der Waals surface area contributed by atoms with Crippen molar-refractivity contribution in [2.45, 2.75) is 49.1 Å². The molecule has 4 rings (SSSR count). The highest BCUT2D eigenvalue weighted by Gasteiger charge is 2.28. The highest BCUT2D eigenvalue weighted by Crippen LogP contribution is 2.39. The van der Waals surface area contributed by atoms with Crippen molar-refractivity contribution < 1.29 is 9.53 Å². The number of nitrogens with one attached hydrogen (secondary N) is 1. The van der Waals surface area contributed by atoms with E-state index in [1.54, 1.807) is 25.3 Å². The lowest BCUT2D eigenvalue weighted by molar-refractivity contribution is -0.115. The number of anilines is 1. The van der Waals surface area contributed by atoms with Crippen LogP contribution in [-0.4, -0.2) is 33.0 Å². The number of amides is 1. The predicted octanol–water partition coefficient (Wildman–Crippen LogP) is 6.49. The molecule has 1 aromatic heterocycles. The Morgan fingerprint density at radius 2 is 1.94 bits per heavy atom. The highest BCUT2D eigenvalue weighted by molar-refractivity contribution is 8.00. The summed E-state index contributed by atoms with van der Waals surface area (Å²) in [6.07, 6.45) is 4.45. The summed E-state index contributed by atoms with van der Waals surface area (Å²) in [6, 6.07) is 13.1. The molecule has 168 valence electrons. The Morgan fingerprint density at radius 1 is 1.19 bits per heavy atom. The fourth-order valence-electron chi connectivity index (χ4n) is 3.90. The first-order valence-corrected chi connectivity index (χ1v) is 12.1. The third-order valence-corrected chi connectivity index (χ3v) is 7.16. The molecule has 1 atom stereocenters. The molecule has 0 aliphatic heterocycles. The van der Waals surface area contributed by atoms with E-state index in [2.05, 4.69) is 20.1 Å². The smallest absolute Gasteiger partial charge is 0.237 e. The number of rotatable bonds is 7. The van der Waals surface area contributed by atoms with Gasteiger partial charge < -0.3 is 10.1 Å². The van der Waals surface area contributed by atoms with E-state index in [1.165, 1.54) is 24.6 Å². The van der Waals surface area contributed by atoms with Gasteiger partial charge in [-0.2, -0.15) is 0 Å². The summed E-state index contributed by atoms with van der Waals surface area (Å²) in [6.45, 7) is 1.85. The van der Waals surface area contributed by atoms with Crippen molar-refractivity contribution >= 4 is 46.6 Å². The molecule has 9 heteroatoms. The first kappa shape index (κ1) is 23.0. The maximum absolute atomic E-state index is 13.0. The van der Waals surface area contributed by atoms with Gasteiger partial charge in [0.15, 0.2) is 11.0 Å². The predicted molar refractivity (Wildman–Crippen MR) is 130 cm³/mol. The topological polar surface area (TPSA) is 69.0 Å². The van der Waals surface area contributed by atoms with Gasteiger partial charge >= 0.3 is 0 Å². The van der Waals surface area contributed by atoms with E-state index in [0.29, 0.717) is 32.7 Å². The molecule has 1 fully saturated rings. The Kier molecular flexibility index (Phi) is 7.28. The van der Waals surface area contributed by atoms with Gasteiger partial charge in [0, 0.05) is 16.6 Å². The van der Waals surface area contributed by atoms with Gasteiger partial charge in [0.05, 0.1) is 23.1 Å². The quantitative estimate of drug-likeness (QED) is 0.383. The van der Waals surface area contributed by atoms with Gasteiger partial charge in [-0.05, 0) is 50.1 Å². The molecule has 1 unspecified atom stereocenters. The summed E-state index contributed by atoms with van der Waals surface area (Å²) in [7, 11) is 1.55. The number of halogens is 2. The van der Waals surface area contributed by atoms with Gasteiger partial charge in [-0.3, -0.25) is 9.36 Å². The van der Waals surface area contributed by atoms with E-state index in [1.807, 2.05) is 31.2 Å². The minimum atomic E-state index is -0.415. The zero-order valence-electron chi connectivity index (χ0n) is 17.8. The third-order valence-electron chi connectivity index (χ3n) is 5.54. The lowest BCUT2D eigenvalue weighted by Gasteiger charge is -2.19. The van der Waals surface area contributed by atoms with E-state index in [9.17, 15) is 4.79 Å². The lowest BCUT2D eigenvalue weighted by atomic mass is 10.2. The van der Waals surface area contributed by atoms with Crippen molar-refractivity contribution in [2.75, 3.05) is 12.4 Å². The summed E-state index contributed by atoms with van der Waals surface area (Å²) in [5.41, 5.74) is 1.38. The maximum Gasteiger partial charge on any atom is 0.237 e. The minimum Gasteiger partial charge on any atom is -0.495 e. The molecule has 0 radical (unpaired) electrons. The molecule has 2 aromatic carbocycles. The Balaban J connectivity index is 1.59. The van der Waals surface area contributed by atoms with Crippen molar-refractivity contribution in [3.8, 4) is 17.1 Å². The molecular formula is C23H24Cl2N4O2S. The van der Waals surface area contributed by atoms with Crippen LogP contribution in [0.3, 0.4) is 0 Å². The van der Waals surface area contributed by atoms with Crippen molar-refractivity contribution in [3.05, 3.63) is 52.5 Å². The second kappa shape index (κ2) is 10.1. The molecule has 0 saturated heterocycles. The van der Waals surface area contributed by atoms with Crippen LogP contribution in [0, 0.1) is 0 Å². The number of nitrogens with zero attached hydrogens (tertiary/aromatic N) is 3. The van der Waals surface area contributed by atoms with E-state index in [-0.39, 0.29) is 5.91 Å². The molecule has 1 N–H and O–H groups in total. The van der Waals surface area contributed by atoms with Crippen LogP contribution in [0.15, 0.2) is 47.6 Å². The van der Waals surface area contributed by atoms with Gasteiger partial charge in [-0.25, -0.2) is 0 Å². The minimum absolute atomic E-state index is 0.171. The van der Waals surface area contributed by atoms with Crippen LogP contribution in [0.2, 0.25) is 10.0 Å². The van der Waals surface area contributed by atoms with Crippen LogP contribution in [0.1, 0.15) is 38.6 Å². The lowest BCUT2D eigenvalue weighted by Crippen LogP contribution is -2.23. The number of hydrogen-bond donors (Lipinski definition) is 1. The Morgan fingerprint density at radius 3 is 2.66 bits per heavy atom. The number of ether oxygens (including phenoxy) is 1. The number of carbonyl (C=O) groups excluding carboxylic acids is 1. The standard InChI is InChI=1S/C23H24Cl2N4O2S/c1-14(22(30)26-19-13-15(24)11-12-20(19)31-2)32-23-28-27-21(17-9-5-6-10-18(17)25)29(23)16-7-3-4-8-16/h5-6,9-14,16H,3-4,7-8H2,1-2H3,(H,26,30). The fraction of sp³-hybridized carbons (Fsp3) is 0.348.